The Morgan fingerprint density at radius 1 is 1.30 bits per heavy atom. The average Bonchev–Trinajstić information content (AvgIpc) is 2.96. The molecule has 0 radical (unpaired) electrons. The number of halogens is 1. The van der Waals surface area contributed by atoms with E-state index in [0.717, 1.165) is 16.9 Å². The Hall–Kier alpha value is -2.78. The number of H-pyrrole nitrogens is 1. The summed E-state index contributed by atoms with van der Waals surface area (Å²) in [7, 11) is 1.47. The molecule has 10 heteroatoms. The highest BCUT2D eigenvalue weighted by Crippen LogP contribution is 2.22. The molecule has 2 aromatic heterocycles. The summed E-state index contributed by atoms with van der Waals surface area (Å²) in [5.74, 6) is 1.19. The summed E-state index contributed by atoms with van der Waals surface area (Å²) in [4.78, 5) is 21.9. The molecule has 0 fully saturated rings. The number of benzene rings is 1. The number of nitrogens with one attached hydrogen (secondary N) is 2. The number of methoxy groups -OCH3 is 1. The molecule has 0 atom stereocenters. The fourth-order valence-electron chi connectivity index (χ4n) is 2.29. The van der Waals surface area contributed by atoms with Crippen LogP contribution in [0, 0.1) is 0 Å². The lowest BCUT2D eigenvalue weighted by Crippen LogP contribution is -2.12. The fourth-order valence-corrected chi connectivity index (χ4v) is 3.22. The Labute approximate surface area is 163 Å². The minimum Gasteiger partial charge on any atom is -0.494 e. The van der Waals surface area contributed by atoms with Crippen molar-refractivity contribution in [2.75, 3.05) is 25.6 Å². The maximum Gasteiger partial charge on any atom is 0.319 e. The normalized spacial score (nSPS) is 10.6. The van der Waals surface area contributed by atoms with Crippen molar-refractivity contribution in [2.45, 2.75) is 6.42 Å². The van der Waals surface area contributed by atoms with Gasteiger partial charge in [0.15, 0.2) is 0 Å². The standard InChI is InChI=1S/C17H17ClN4O4S/c1-25-16-20-13(18)9-14(21-16)19-6-7-26-11-4-2-10(3-5-11)8-12-15(23)22-17(24)27-12/h2-5,9,23H,6-8H2,1H3,(H,22,24)(H,19,20,21). The largest absolute Gasteiger partial charge is 0.494 e. The first kappa shape index (κ1) is 19.0. The van der Waals surface area contributed by atoms with Crippen LogP contribution in [0.3, 0.4) is 0 Å². The van der Waals surface area contributed by atoms with E-state index in [0.29, 0.717) is 41.2 Å². The first-order valence-corrected chi connectivity index (χ1v) is 9.18. The molecule has 2 heterocycles. The van der Waals surface area contributed by atoms with Crippen molar-refractivity contribution < 1.29 is 14.6 Å². The summed E-state index contributed by atoms with van der Waals surface area (Å²) in [6.07, 6.45) is 0.480. The second-order valence-corrected chi connectivity index (χ2v) is 6.90. The fraction of sp³-hybridized carbons (Fsp3) is 0.235. The van der Waals surface area contributed by atoms with Gasteiger partial charge < -0.3 is 19.9 Å². The van der Waals surface area contributed by atoms with Gasteiger partial charge in [-0.25, -0.2) is 0 Å². The SMILES string of the molecule is COc1nc(Cl)cc(NCCOc2ccc(Cc3sc(=O)[nH]c3O)cc2)n1. The van der Waals surface area contributed by atoms with E-state index in [2.05, 4.69) is 20.3 Å². The van der Waals surface area contributed by atoms with Gasteiger partial charge in [0.2, 0.25) is 5.88 Å². The van der Waals surface area contributed by atoms with Crippen LogP contribution in [0.5, 0.6) is 17.6 Å². The van der Waals surface area contributed by atoms with Gasteiger partial charge in [0.05, 0.1) is 18.5 Å². The van der Waals surface area contributed by atoms with Crippen LogP contribution in [0.1, 0.15) is 10.4 Å². The van der Waals surface area contributed by atoms with E-state index in [1.165, 1.54) is 7.11 Å². The van der Waals surface area contributed by atoms with E-state index in [1.54, 1.807) is 6.07 Å². The third-order valence-electron chi connectivity index (χ3n) is 3.52. The van der Waals surface area contributed by atoms with Gasteiger partial charge in [-0.05, 0) is 17.7 Å². The maximum atomic E-state index is 11.2. The molecule has 0 aliphatic rings. The predicted molar refractivity (Wildman–Crippen MR) is 103 cm³/mol. The van der Waals surface area contributed by atoms with Crippen molar-refractivity contribution in [2.24, 2.45) is 0 Å². The number of rotatable bonds is 8. The summed E-state index contributed by atoms with van der Waals surface area (Å²) in [5, 5.41) is 13.0. The number of aromatic nitrogens is 3. The summed E-state index contributed by atoms with van der Waals surface area (Å²) < 4.78 is 10.6. The minimum absolute atomic E-state index is 0.0714. The molecule has 0 aliphatic carbocycles. The van der Waals surface area contributed by atoms with E-state index in [1.807, 2.05) is 24.3 Å². The van der Waals surface area contributed by atoms with Crippen LogP contribution < -0.4 is 19.7 Å². The van der Waals surface area contributed by atoms with Gasteiger partial charge in [0.25, 0.3) is 0 Å². The van der Waals surface area contributed by atoms with E-state index in [-0.39, 0.29) is 16.8 Å². The average molecular weight is 409 g/mol. The van der Waals surface area contributed by atoms with Crippen molar-refractivity contribution in [3.63, 3.8) is 0 Å². The highest BCUT2D eigenvalue weighted by molar-refractivity contribution is 7.09. The molecule has 0 saturated carbocycles. The lowest BCUT2D eigenvalue weighted by Gasteiger charge is -2.09. The van der Waals surface area contributed by atoms with Gasteiger partial charge in [0, 0.05) is 12.5 Å². The topological polar surface area (TPSA) is 109 Å². The maximum absolute atomic E-state index is 11.2. The highest BCUT2D eigenvalue weighted by Gasteiger charge is 2.08. The van der Waals surface area contributed by atoms with Crippen LogP contribution in [-0.4, -0.2) is 40.3 Å². The number of aromatic amines is 1. The molecule has 142 valence electrons. The number of anilines is 1. The molecular weight excluding hydrogens is 392 g/mol. The Morgan fingerprint density at radius 3 is 2.74 bits per heavy atom. The minimum atomic E-state index is -0.266. The van der Waals surface area contributed by atoms with Crippen LogP contribution >= 0.6 is 22.9 Å². The number of aromatic hydroxyl groups is 1. The second-order valence-electron chi connectivity index (χ2n) is 5.44. The number of hydrogen-bond acceptors (Lipinski definition) is 8. The highest BCUT2D eigenvalue weighted by atomic mass is 35.5. The number of ether oxygens (including phenoxy) is 2. The van der Waals surface area contributed by atoms with Crippen LogP contribution in [-0.2, 0) is 6.42 Å². The summed E-state index contributed by atoms with van der Waals surface area (Å²) >= 11 is 6.89. The molecule has 3 aromatic rings. The lowest BCUT2D eigenvalue weighted by molar-refractivity contribution is 0.332. The molecule has 0 saturated heterocycles. The van der Waals surface area contributed by atoms with Gasteiger partial charge in [-0.1, -0.05) is 35.1 Å². The first-order chi connectivity index (χ1) is 13.0. The molecule has 27 heavy (non-hydrogen) atoms. The zero-order valence-corrected chi connectivity index (χ0v) is 15.9. The Kier molecular flexibility index (Phi) is 6.15. The number of thiazole rings is 1. The van der Waals surface area contributed by atoms with Crippen LogP contribution in [0.2, 0.25) is 5.15 Å². The zero-order chi connectivity index (χ0) is 19.2. The molecule has 1 aromatic carbocycles. The molecule has 0 aliphatic heterocycles. The Morgan fingerprint density at radius 2 is 2.07 bits per heavy atom. The molecule has 3 rings (SSSR count). The molecule has 3 N–H and O–H groups in total. The molecule has 8 nitrogen and oxygen atoms in total. The second kappa shape index (κ2) is 8.74. The molecule has 0 bridgehead atoms. The van der Waals surface area contributed by atoms with Crippen molar-refractivity contribution in [3.05, 3.63) is 55.6 Å². The zero-order valence-electron chi connectivity index (χ0n) is 14.4. The first-order valence-electron chi connectivity index (χ1n) is 7.98. The number of nitrogens with zero attached hydrogens (tertiary/aromatic N) is 2. The van der Waals surface area contributed by atoms with Gasteiger partial charge >= 0.3 is 10.9 Å². The van der Waals surface area contributed by atoms with Gasteiger partial charge in [-0.2, -0.15) is 9.97 Å². The molecule has 0 unspecified atom stereocenters. The monoisotopic (exact) mass is 408 g/mol. The van der Waals surface area contributed by atoms with E-state index >= 15 is 0 Å². The smallest absolute Gasteiger partial charge is 0.319 e. The van der Waals surface area contributed by atoms with Crippen LogP contribution in [0.15, 0.2) is 35.1 Å². The quantitative estimate of drug-likeness (QED) is 0.388. The van der Waals surface area contributed by atoms with Gasteiger partial charge in [-0.15, -0.1) is 0 Å². The van der Waals surface area contributed by atoms with Gasteiger partial charge in [0.1, 0.15) is 23.3 Å². The summed E-state index contributed by atoms with van der Waals surface area (Å²) in [6, 6.07) is 9.26. The number of hydrogen-bond donors (Lipinski definition) is 3. The van der Waals surface area contributed by atoms with Crippen molar-refractivity contribution >= 4 is 28.8 Å². The van der Waals surface area contributed by atoms with Crippen molar-refractivity contribution in [1.82, 2.24) is 15.0 Å². The van der Waals surface area contributed by atoms with E-state index in [4.69, 9.17) is 21.1 Å². The van der Waals surface area contributed by atoms with E-state index < -0.39 is 0 Å². The summed E-state index contributed by atoms with van der Waals surface area (Å²) in [6.45, 7) is 0.937. The lowest BCUT2D eigenvalue weighted by atomic mass is 10.1. The molecule has 0 spiro atoms. The Bertz CT molecular complexity index is 958. The third-order valence-corrected chi connectivity index (χ3v) is 4.59. The van der Waals surface area contributed by atoms with Gasteiger partial charge in [-0.3, -0.25) is 9.78 Å². The molecule has 0 amide bonds. The summed E-state index contributed by atoms with van der Waals surface area (Å²) in [5.41, 5.74) is 0.966. The van der Waals surface area contributed by atoms with Crippen molar-refractivity contribution in [3.8, 4) is 17.6 Å². The Balaban J connectivity index is 1.48. The molecular formula is C17H17ClN4O4S. The predicted octanol–water partition coefficient (Wildman–Crippen LogP) is 2.68. The van der Waals surface area contributed by atoms with Crippen molar-refractivity contribution in [1.29, 1.82) is 0 Å². The van der Waals surface area contributed by atoms with Crippen LogP contribution in [0.4, 0.5) is 5.82 Å². The third kappa shape index (κ3) is 5.35. The van der Waals surface area contributed by atoms with Crippen LogP contribution in [0.25, 0.3) is 0 Å². The van der Waals surface area contributed by atoms with E-state index in [9.17, 15) is 9.90 Å².